The van der Waals surface area contributed by atoms with Crippen molar-refractivity contribution < 1.29 is 4.79 Å². The highest BCUT2D eigenvalue weighted by Gasteiger charge is 2.13. The van der Waals surface area contributed by atoms with Gasteiger partial charge >= 0.3 is 0 Å². The SMILES string of the molecule is CCN(CC)CCCNC(=O)c1ccc2c(c1)sc1nc(-c3cccc(-c4ccccc4)c3)cn12. The maximum Gasteiger partial charge on any atom is 0.251 e. The molecular formula is C29H30N4OS. The predicted molar refractivity (Wildman–Crippen MR) is 146 cm³/mol. The highest BCUT2D eigenvalue weighted by Crippen LogP contribution is 2.31. The Hall–Kier alpha value is -3.48. The average molecular weight is 483 g/mol. The molecule has 0 fully saturated rings. The quantitative estimate of drug-likeness (QED) is 0.249. The summed E-state index contributed by atoms with van der Waals surface area (Å²) in [7, 11) is 0. The van der Waals surface area contributed by atoms with Crippen molar-refractivity contribution in [1.29, 1.82) is 0 Å². The van der Waals surface area contributed by atoms with E-state index in [1.54, 1.807) is 11.3 Å². The van der Waals surface area contributed by atoms with E-state index < -0.39 is 0 Å². The number of carbonyl (C=O) groups is 1. The van der Waals surface area contributed by atoms with E-state index >= 15 is 0 Å². The lowest BCUT2D eigenvalue weighted by Gasteiger charge is -2.17. The fraction of sp³-hybridized carbons (Fsp3) is 0.241. The van der Waals surface area contributed by atoms with Crippen LogP contribution in [-0.4, -0.2) is 46.4 Å². The van der Waals surface area contributed by atoms with E-state index in [1.807, 2.05) is 24.3 Å². The number of nitrogens with zero attached hydrogens (tertiary/aromatic N) is 3. The minimum atomic E-state index is -0.0177. The van der Waals surface area contributed by atoms with Crippen LogP contribution >= 0.6 is 11.3 Å². The Morgan fingerprint density at radius 3 is 2.51 bits per heavy atom. The van der Waals surface area contributed by atoms with Crippen molar-refractivity contribution in [3.05, 3.63) is 84.6 Å². The highest BCUT2D eigenvalue weighted by atomic mass is 32.1. The molecule has 35 heavy (non-hydrogen) atoms. The Bertz CT molecular complexity index is 1450. The van der Waals surface area contributed by atoms with E-state index in [2.05, 4.69) is 83.2 Å². The van der Waals surface area contributed by atoms with E-state index in [0.29, 0.717) is 12.1 Å². The van der Waals surface area contributed by atoms with Gasteiger partial charge in [0.1, 0.15) is 0 Å². The molecule has 0 unspecified atom stereocenters. The molecule has 178 valence electrons. The summed E-state index contributed by atoms with van der Waals surface area (Å²) in [5.74, 6) is -0.0177. The standard InChI is InChI=1S/C29H30N4OS/c1-3-32(4-2)17-9-16-30-28(34)24-14-15-26-27(19-24)35-29-31-25(20-33(26)29)23-13-8-12-22(18-23)21-10-6-5-7-11-21/h5-8,10-15,18-20H,3-4,9,16-17H2,1-2H3,(H,30,34). The van der Waals surface area contributed by atoms with Gasteiger partial charge in [-0.05, 0) is 61.4 Å². The molecule has 0 aliphatic heterocycles. The van der Waals surface area contributed by atoms with Gasteiger partial charge in [0.2, 0.25) is 0 Å². The molecule has 5 rings (SSSR count). The summed E-state index contributed by atoms with van der Waals surface area (Å²) in [6.07, 6.45) is 3.04. The van der Waals surface area contributed by atoms with Crippen LogP contribution in [0.4, 0.5) is 0 Å². The van der Waals surface area contributed by atoms with Gasteiger partial charge in [-0.25, -0.2) is 4.98 Å². The number of amides is 1. The Kier molecular flexibility index (Phi) is 6.93. The highest BCUT2D eigenvalue weighted by molar-refractivity contribution is 7.23. The van der Waals surface area contributed by atoms with Gasteiger partial charge in [0.25, 0.3) is 5.91 Å². The topological polar surface area (TPSA) is 49.6 Å². The van der Waals surface area contributed by atoms with Crippen molar-refractivity contribution in [1.82, 2.24) is 19.6 Å². The number of benzene rings is 3. The van der Waals surface area contributed by atoms with Gasteiger partial charge in [0, 0.05) is 23.9 Å². The molecule has 0 saturated heterocycles. The number of rotatable bonds is 9. The number of hydrogen-bond acceptors (Lipinski definition) is 4. The maximum atomic E-state index is 12.7. The number of hydrogen-bond donors (Lipinski definition) is 1. The molecule has 0 aliphatic carbocycles. The number of thiazole rings is 1. The van der Waals surface area contributed by atoms with Crippen molar-refractivity contribution in [2.75, 3.05) is 26.2 Å². The number of nitrogens with one attached hydrogen (secondary N) is 1. The summed E-state index contributed by atoms with van der Waals surface area (Å²) in [4.78, 5) is 20.9. The summed E-state index contributed by atoms with van der Waals surface area (Å²) < 4.78 is 3.18. The normalized spacial score (nSPS) is 11.5. The minimum absolute atomic E-state index is 0.0177. The Balaban J connectivity index is 1.33. The van der Waals surface area contributed by atoms with Crippen LogP contribution < -0.4 is 5.32 Å². The molecule has 0 radical (unpaired) electrons. The third-order valence-electron chi connectivity index (χ3n) is 6.45. The molecule has 0 bridgehead atoms. The second-order valence-electron chi connectivity index (χ2n) is 8.65. The summed E-state index contributed by atoms with van der Waals surface area (Å²) in [5, 5.41) is 3.06. The second-order valence-corrected chi connectivity index (χ2v) is 9.66. The van der Waals surface area contributed by atoms with Crippen molar-refractivity contribution in [2.24, 2.45) is 0 Å². The van der Waals surface area contributed by atoms with Gasteiger partial charge in [-0.15, -0.1) is 0 Å². The van der Waals surface area contributed by atoms with Crippen LogP contribution in [0.1, 0.15) is 30.6 Å². The Labute approximate surface area is 210 Å². The van der Waals surface area contributed by atoms with Crippen LogP contribution in [-0.2, 0) is 0 Å². The van der Waals surface area contributed by atoms with Crippen LogP contribution in [0.3, 0.4) is 0 Å². The molecule has 1 amide bonds. The molecule has 0 atom stereocenters. The van der Waals surface area contributed by atoms with Crippen molar-refractivity contribution >= 4 is 32.4 Å². The smallest absolute Gasteiger partial charge is 0.251 e. The average Bonchev–Trinajstić information content (AvgIpc) is 3.47. The Morgan fingerprint density at radius 1 is 0.943 bits per heavy atom. The van der Waals surface area contributed by atoms with Crippen molar-refractivity contribution in [2.45, 2.75) is 20.3 Å². The summed E-state index contributed by atoms with van der Waals surface area (Å²) in [6.45, 7) is 8.11. The first kappa shape index (κ1) is 23.3. The van der Waals surface area contributed by atoms with Gasteiger partial charge in [-0.2, -0.15) is 0 Å². The van der Waals surface area contributed by atoms with Crippen LogP contribution in [0.15, 0.2) is 79.0 Å². The molecule has 0 aliphatic rings. The predicted octanol–water partition coefficient (Wildman–Crippen LogP) is 6.34. The molecule has 5 aromatic rings. The van der Waals surface area contributed by atoms with Gasteiger partial charge < -0.3 is 10.2 Å². The first-order valence-electron chi connectivity index (χ1n) is 12.2. The lowest BCUT2D eigenvalue weighted by molar-refractivity contribution is 0.0952. The van der Waals surface area contributed by atoms with E-state index in [0.717, 1.165) is 52.5 Å². The summed E-state index contributed by atoms with van der Waals surface area (Å²) in [6, 6.07) is 24.8. The van der Waals surface area contributed by atoms with E-state index in [-0.39, 0.29) is 5.91 Å². The third-order valence-corrected chi connectivity index (χ3v) is 7.47. The first-order chi connectivity index (χ1) is 17.2. The minimum Gasteiger partial charge on any atom is -0.352 e. The van der Waals surface area contributed by atoms with Crippen LogP contribution in [0.5, 0.6) is 0 Å². The van der Waals surface area contributed by atoms with E-state index in [1.165, 1.54) is 11.1 Å². The number of aromatic nitrogens is 2. The molecule has 2 heterocycles. The fourth-order valence-corrected chi connectivity index (χ4v) is 5.46. The molecule has 0 saturated carbocycles. The lowest BCUT2D eigenvalue weighted by atomic mass is 10.0. The lowest BCUT2D eigenvalue weighted by Crippen LogP contribution is -2.29. The zero-order chi connectivity index (χ0) is 24.2. The van der Waals surface area contributed by atoms with E-state index in [4.69, 9.17) is 4.98 Å². The molecule has 6 heteroatoms. The van der Waals surface area contributed by atoms with Gasteiger partial charge in [-0.1, -0.05) is 73.7 Å². The zero-order valence-electron chi connectivity index (χ0n) is 20.2. The maximum absolute atomic E-state index is 12.7. The number of fused-ring (bicyclic) bond motifs is 3. The fourth-order valence-electron chi connectivity index (χ4n) is 4.42. The first-order valence-corrected chi connectivity index (χ1v) is 13.1. The van der Waals surface area contributed by atoms with Gasteiger partial charge in [0.05, 0.1) is 15.9 Å². The van der Waals surface area contributed by atoms with Crippen molar-refractivity contribution in [3.63, 3.8) is 0 Å². The van der Waals surface area contributed by atoms with Gasteiger partial charge in [0.15, 0.2) is 4.96 Å². The zero-order valence-corrected chi connectivity index (χ0v) is 21.0. The van der Waals surface area contributed by atoms with Crippen LogP contribution in [0.2, 0.25) is 0 Å². The third kappa shape index (κ3) is 4.99. The van der Waals surface area contributed by atoms with E-state index in [9.17, 15) is 4.79 Å². The molecule has 2 aromatic heterocycles. The monoisotopic (exact) mass is 482 g/mol. The van der Waals surface area contributed by atoms with Crippen molar-refractivity contribution in [3.8, 4) is 22.4 Å². The van der Waals surface area contributed by atoms with Gasteiger partial charge in [-0.3, -0.25) is 9.20 Å². The molecule has 3 aromatic carbocycles. The van der Waals surface area contributed by atoms with Crippen LogP contribution in [0.25, 0.3) is 37.6 Å². The number of imidazole rings is 1. The summed E-state index contributed by atoms with van der Waals surface area (Å²) in [5.41, 5.74) is 6.18. The Morgan fingerprint density at radius 2 is 1.71 bits per heavy atom. The molecular weight excluding hydrogens is 452 g/mol. The van der Waals surface area contributed by atoms with Crippen LogP contribution in [0, 0.1) is 0 Å². The molecule has 5 nitrogen and oxygen atoms in total. The summed E-state index contributed by atoms with van der Waals surface area (Å²) >= 11 is 1.61. The molecule has 1 N–H and O–H groups in total. The second kappa shape index (κ2) is 10.4. The molecule has 0 spiro atoms. The number of carbonyl (C=O) groups excluding carboxylic acids is 1. The largest absolute Gasteiger partial charge is 0.352 e.